The number of anilines is 1. The standard InChI is InChI=1S/C9H13N3O3/c1-9(2,3)15-8(14)12-6-4-10-5-11-7(6)13/h4-5H,1-3H3,(H,12,14)(H,10,11,13). The number of ether oxygens (including phenoxy) is 1. The lowest BCUT2D eigenvalue weighted by Crippen LogP contribution is -2.29. The molecule has 1 rings (SSSR count). The van der Waals surface area contributed by atoms with Crippen molar-refractivity contribution in [3.8, 4) is 0 Å². The Morgan fingerprint density at radius 1 is 1.53 bits per heavy atom. The average molecular weight is 211 g/mol. The maximum absolute atomic E-state index is 11.3. The Bertz CT molecular complexity index is 406. The molecule has 0 fully saturated rings. The molecule has 0 atom stereocenters. The molecular formula is C9H13N3O3. The molecule has 0 unspecified atom stereocenters. The third kappa shape index (κ3) is 3.80. The van der Waals surface area contributed by atoms with Gasteiger partial charge in [-0.2, -0.15) is 0 Å². The zero-order valence-electron chi connectivity index (χ0n) is 8.83. The number of rotatable bonds is 1. The summed E-state index contributed by atoms with van der Waals surface area (Å²) in [4.78, 5) is 28.4. The molecule has 0 saturated heterocycles. The average Bonchev–Trinajstić information content (AvgIpc) is 2.05. The Kier molecular flexibility index (Phi) is 3.08. The molecule has 0 spiro atoms. The summed E-state index contributed by atoms with van der Waals surface area (Å²) in [5, 5.41) is 2.30. The van der Waals surface area contributed by atoms with Crippen LogP contribution in [0.3, 0.4) is 0 Å². The molecule has 2 N–H and O–H groups in total. The molecule has 0 aliphatic carbocycles. The first-order valence-electron chi connectivity index (χ1n) is 4.41. The second kappa shape index (κ2) is 4.12. The summed E-state index contributed by atoms with van der Waals surface area (Å²) in [5.41, 5.74) is -0.957. The number of carbonyl (C=O) groups is 1. The lowest BCUT2D eigenvalue weighted by Gasteiger charge is -2.19. The maximum Gasteiger partial charge on any atom is 0.412 e. The molecule has 6 nitrogen and oxygen atoms in total. The number of nitrogens with one attached hydrogen (secondary N) is 2. The first kappa shape index (κ1) is 11.2. The van der Waals surface area contributed by atoms with Gasteiger partial charge in [-0.25, -0.2) is 9.78 Å². The fourth-order valence-corrected chi connectivity index (χ4v) is 0.847. The molecule has 6 heteroatoms. The summed E-state index contributed by atoms with van der Waals surface area (Å²) >= 11 is 0. The molecule has 0 radical (unpaired) electrons. The van der Waals surface area contributed by atoms with Crippen LogP contribution in [0.15, 0.2) is 17.3 Å². The van der Waals surface area contributed by atoms with Gasteiger partial charge in [-0.05, 0) is 20.8 Å². The Morgan fingerprint density at radius 2 is 2.20 bits per heavy atom. The van der Waals surface area contributed by atoms with E-state index in [1.165, 1.54) is 12.5 Å². The number of carbonyl (C=O) groups excluding carboxylic acids is 1. The Labute approximate surface area is 86.7 Å². The van der Waals surface area contributed by atoms with E-state index in [2.05, 4.69) is 15.3 Å². The van der Waals surface area contributed by atoms with E-state index in [1.54, 1.807) is 20.8 Å². The largest absolute Gasteiger partial charge is 0.444 e. The summed E-state index contributed by atoms with van der Waals surface area (Å²) in [6, 6.07) is 0. The van der Waals surface area contributed by atoms with Crippen LogP contribution in [0.2, 0.25) is 0 Å². The van der Waals surface area contributed by atoms with Crippen LogP contribution in [-0.2, 0) is 4.74 Å². The van der Waals surface area contributed by atoms with Gasteiger partial charge in [0.05, 0.1) is 12.5 Å². The predicted molar refractivity (Wildman–Crippen MR) is 54.7 cm³/mol. The van der Waals surface area contributed by atoms with E-state index in [1.807, 2.05) is 0 Å². The number of hydrogen-bond donors (Lipinski definition) is 2. The van der Waals surface area contributed by atoms with Crippen molar-refractivity contribution in [2.75, 3.05) is 5.32 Å². The minimum Gasteiger partial charge on any atom is -0.444 e. The van der Waals surface area contributed by atoms with Gasteiger partial charge >= 0.3 is 6.09 Å². The van der Waals surface area contributed by atoms with Crippen LogP contribution in [-0.4, -0.2) is 21.7 Å². The summed E-state index contributed by atoms with van der Waals surface area (Å²) in [6.07, 6.45) is 1.81. The van der Waals surface area contributed by atoms with Gasteiger partial charge in [-0.15, -0.1) is 0 Å². The van der Waals surface area contributed by atoms with Crippen LogP contribution < -0.4 is 10.9 Å². The van der Waals surface area contributed by atoms with E-state index in [0.717, 1.165) is 0 Å². The van der Waals surface area contributed by atoms with Gasteiger partial charge in [0.2, 0.25) is 0 Å². The minimum atomic E-state index is -0.680. The molecule has 1 amide bonds. The van der Waals surface area contributed by atoms with Crippen molar-refractivity contribution in [2.24, 2.45) is 0 Å². The lowest BCUT2D eigenvalue weighted by molar-refractivity contribution is 0.0635. The van der Waals surface area contributed by atoms with E-state index < -0.39 is 17.3 Å². The fourth-order valence-electron chi connectivity index (χ4n) is 0.847. The zero-order valence-corrected chi connectivity index (χ0v) is 8.83. The van der Waals surface area contributed by atoms with Gasteiger partial charge in [-0.1, -0.05) is 0 Å². The van der Waals surface area contributed by atoms with Crippen molar-refractivity contribution in [3.05, 3.63) is 22.9 Å². The van der Waals surface area contributed by atoms with Gasteiger partial charge in [0.15, 0.2) is 0 Å². The van der Waals surface area contributed by atoms with Gasteiger partial charge in [-0.3, -0.25) is 10.1 Å². The molecule has 0 bridgehead atoms. The van der Waals surface area contributed by atoms with Crippen LogP contribution in [0, 0.1) is 0 Å². The summed E-state index contributed by atoms with van der Waals surface area (Å²) in [5.74, 6) is 0. The van der Waals surface area contributed by atoms with E-state index in [4.69, 9.17) is 4.74 Å². The molecule has 0 aliphatic rings. The Morgan fingerprint density at radius 3 is 2.73 bits per heavy atom. The Balaban J connectivity index is 2.68. The topological polar surface area (TPSA) is 84.1 Å². The molecule has 82 valence electrons. The van der Waals surface area contributed by atoms with E-state index in [-0.39, 0.29) is 5.69 Å². The molecule has 1 heterocycles. The van der Waals surface area contributed by atoms with E-state index >= 15 is 0 Å². The number of nitrogens with zero attached hydrogens (tertiary/aromatic N) is 1. The number of aromatic nitrogens is 2. The SMILES string of the molecule is CC(C)(C)OC(=O)Nc1cnc[nH]c1=O. The molecular weight excluding hydrogens is 198 g/mol. The van der Waals surface area contributed by atoms with Crippen LogP contribution in [0.1, 0.15) is 20.8 Å². The van der Waals surface area contributed by atoms with E-state index in [0.29, 0.717) is 0 Å². The van der Waals surface area contributed by atoms with Gasteiger partial charge < -0.3 is 9.72 Å². The summed E-state index contributed by atoms with van der Waals surface area (Å²) in [7, 11) is 0. The van der Waals surface area contributed by atoms with Gasteiger partial charge in [0.1, 0.15) is 11.3 Å². The van der Waals surface area contributed by atoms with Crippen molar-refractivity contribution in [1.82, 2.24) is 9.97 Å². The number of H-pyrrole nitrogens is 1. The first-order valence-corrected chi connectivity index (χ1v) is 4.41. The summed E-state index contributed by atoms with van der Waals surface area (Å²) < 4.78 is 4.97. The van der Waals surface area contributed by atoms with Crippen LogP contribution in [0.25, 0.3) is 0 Å². The minimum absolute atomic E-state index is 0.0618. The number of amides is 1. The van der Waals surface area contributed by atoms with Crippen molar-refractivity contribution in [2.45, 2.75) is 26.4 Å². The molecule has 1 aromatic rings. The quantitative estimate of drug-likeness (QED) is 0.728. The van der Waals surface area contributed by atoms with Gasteiger partial charge in [0, 0.05) is 0 Å². The first-order chi connectivity index (χ1) is 6.88. The van der Waals surface area contributed by atoms with Crippen LogP contribution >= 0.6 is 0 Å². The van der Waals surface area contributed by atoms with Crippen molar-refractivity contribution in [3.63, 3.8) is 0 Å². The van der Waals surface area contributed by atoms with Crippen LogP contribution in [0.4, 0.5) is 10.5 Å². The third-order valence-corrected chi connectivity index (χ3v) is 1.35. The van der Waals surface area contributed by atoms with Crippen molar-refractivity contribution < 1.29 is 9.53 Å². The maximum atomic E-state index is 11.3. The van der Waals surface area contributed by atoms with Crippen molar-refractivity contribution >= 4 is 11.8 Å². The number of hydrogen-bond acceptors (Lipinski definition) is 4. The second-order valence-electron chi connectivity index (χ2n) is 3.92. The number of aromatic amines is 1. The molecule has 1 aromatic heterocycles. The molecule has 0 saturated carbocycles. The highest BCUT2D eigenvalue weighted by Gasteiger charge is 2.16. The highest BCUT2D eigenvalue weighted by Crippen LogP contribution is 2.08. The second-order valence-corrected chi connectivity index (χ2v) is 3.92. The zero-order chi connectivity index (χ0) is 11.5. The van der Waals surface area contributed by atoms with Crippen LogP contribution in [0.5, 0.6) is 0 Å². The smallest absolute Gasteiger partial charge is 0.412 e. The normalized spacial score (nSPS) is 10.9. The molecule has 15 heavy (non-hydrogen) atoms. The summed E-state index contributed by atoms with van der Waals surface area (Å²) in [6.45, 7) is 5.21. The van der Waals surface area contributed by atoms with E-state index in [9.17, 15) is 9.59 Å². The van der Waals surface area contributed by atoms with Gasteiger partial charge in [0.25, 0.3) is 5.56 Å². The third-order valence-electron chi connectivity index (χ3n) is 1.35. The lowest BCUT2D eigenvalue weighted by atomic mass is 10.2. The highest BCUT2D eigenvalue weighted by atomic mass is 16.6. The molecule has 0 aromatic carbocycles. The highest BCUT2D eigenvalue weighted by molar-refractivity contribution is 5.84. The Hall–Kier alpha value is -1.85. The predicted octanol–water partition coefficient (Wildman–Crippen LogP) is 1.12. The fraction of sp³-hybridized carbons (Fsp3) is 0.444. The van der Waals surface area contributed by atoms with Crippen molar-refractivity contribution in [1.29, 1.82) is 0 Å². The molecule has 0 aliphatic heterocycles. The monoisotopic (exact) mass is 211 g/mol.